The number of hydrogen-bond donors (Lipinski definition) is 3. The third-order valence-electron chi connectivity index (χ3n) is 6.46. The summed E-state index contributed by atoms with van der Waals surface area (Å²) in [6.45, 7) is 0.232. The topological polar surface area (TPSA) is 140 Å². The maximum Gasteiger partial charge on any atom is 1.00 e. The molecule has 3 N–H and O–H groups in total. The van der Waals surface area contributed by atoms with E-state index in [2.05, 4.69) is 16.0 Å². The van der Waals surface area contributed by atoms with Crippen molar-refractivity contribution in [2.75, 3.05) is 0 Å². The van der Waals surface area contributed by atoms with Gasteiger partial charge in [-0.1, -0.05) is 84.9 Å². The van der Waals surface area contributed by atoms with Crippen molar-refractivity contribution in [1.82, 2.24) is 16.0 Å². The molecule has 5 rings (SSSR count). The summed E-state index contributed by atoms with van der Waals surface area (Å²) in [5, 5.41) is 22.6. The van der Waals surface area contributed by atoms with Gasteiger partial charge in [-0.3, -0.25) is 14.4 Å². The van der Waals surface area contributed by atoms with Gasteiger partial charge < -0.3 is 30.6 Å². The molecule has 0 aromatic heterocycles. The average molecular weight is 534 g/mol. The maximum absolute atomic E-state index is 13.2. The monoisotopic (exact) mass is 533 g/mol. The quantitative estimate of drug-likeness (QED) is 0.128. The first-order chi connectivity index (χ1) is 18.4. The fraction of sp³-hybridized carbons (Fsp3) is 0.172. The zero-order chi connectivity index (χ0) is 26.6. The van der Waals surface area contributed by atoms with Gasteiger partial charge in [0.2, 0.25) is 0 Å². The first-order valence-electron chi connectivity index (χ1n) is 12.1. The number of epoxide rings is 1. The summed E-state index contributed by atoms with van der Waals surface area (Å²) in [5.41, 5.74) is 1.67. The zero-order valence-corrected chi connectivity index (χ0v) is 23.2. The Morgan fingerprint density at radius 1 is 0.692 bits per heavy atom. The Kier molecular flexibility index (Phi) is 8.98. The van der Waals surface area contributed by atoms with Crippen molar-refractivity contribution in [2.24, 2.45) is 0 Å². The smallest absolute Gasteiger partial charge is 0.547 e. The second-order valence-electron chi connectivity index (χ2n) is 8.95. The number of carbonyl (C=O) groups is 4. The van der Waals surface area contributed by atoms with Crippen LogP contribution in [0.25, 0.3) is 21.5 Å². The van der Waals surface area contributed by atoms with Crippen LogP contribution in [0, 0.1) is 0 Å². The third-order valence-corrected chi connectivity index (χ3v) is 6.46. The molecule has 3 amide bonds. The number of carboxylic acids is 1. The Morgan fingerprint density at radius 3 is 1.62 bits per heavy atom. The zero-order valence-electron chi connectivity index (χ0n) is 21.2. The van der Waals surface area contributed by atoms with E-state index in [1.165, 1.54) is 0 Å². The van der Waals surface area contributed by atoms with Gasteiger partial charge in [-0.05, 0) is 32.7 Å². The molecule has 1 fully saturated rings. The maximum atomic E-state index is 13.2. The molecule has 1 heterocycles. The van der Waals surface area contributed by atoms with E-state index in [1.54, 1.807) is 0 Å². The van der Waals surface area contributed by atoms with E-state index >= 15 is 0 Å². The van der Waals surface area contributed by atoms with Gasteiger partial charge in [-0.15, -0.1) is 0 Å². The fourth-order valence-corrected chi connectivity index (χ4v) is 4.43. The first-order valence-corrected chi connectivity index (χ1v) is 12.1. The van der Waals surface area contributed by atoms with Crippen molar-refractivity contribution in [3.63, 3.8) is 0 Å². The largest absolute Gasteiger partial charge is 1.00 e. The first kappa shape index (κ1) is 28.3. The Hall–Kier alpha value is -3.76. The van der Waals surface area contributed by atoms with Crippen LogP contribution in [0.4, 0.5) is 0 Å². The number of aliphatic carboxylic acids is 1. The number of hydrogen-bond acceptors (Lipinski definition) is 6. The second kappa shape index (κ2) is 12.4. The summed E-state index contributed by atoms with van der Waals surface area (Å²) >= 11 is 0. The Labute approximate surface area is 246 Å². The van der Waals surface area contributed by atoms with Crippen LogP contribution in [0.3, 0.4) is 0 Å². The van der Waals surface area contributed by atoms with E-state index in [1.807, 2.05) is 84.9 Å². The van der Waals surface area contributed by atoms with Crippen LogP contribution in [0.1, 0.15) is 11.1 Å². The van der Waals surface area contributed by atoms with Crippen molar-refractivity contribution in [3.8, 4) is 0 Å². The van der Waals surface area contributed by atoms with Gasteiger partial charge in [-0.25, -0.2) is 0 Å². The molecule has 0 bridgehead atoms. The number of ether oxygens (including phenoxy) is 1. The molecule has 9 nitrogen and oxygen atoms in total. The Bertz CT molecular complexity index is 1450. The molecule has 1 aliphatic rings. The third kappa shape index (κ3) is 6.46. The summed E-state index contributed by atoms with van der Waals surface area (Å²) in [7, 11) is 0. The number of nitrogens with one attached hydrogen (secondary N) is 3. The van der Waals surface area contributed by atoms with Gasteiger partial charge in [0.1, 0.15) is 6.10 Å². The van der Waals surface area contributed by atoms with E-state index in [0.29, 0.717) is 0 Å². The van der Waals surface area contributed by atoms with E-state index < -0.39 is 41.9 Å². The summed E-state index contributed by atoms with van der Waals surface area (Å²) < 4.78 is 4.82. The summed E-state index contributed by atoms with van der Waals surface area (Å²) in [6.07, 6.45) is -2.73. The van der Waals surface area contributed by atoms with Gasteiger partial charge >= 0.3 is 29.6 Å². The Balaban J connectivity index is 0.00000353. The van der Waals surface area contributed by atoms with Crippen LogP contribution in [-0.4, -0.2) is 41.9 Å². The average Bonchev–Trinajstić information content (AvgIpc) is 3.75. The number of rotatable bonds is 9. The van der Waals surface area contributed by atoms with Gasteiger partial charge in [0, 0.05) is 13.1 Å². The molecule has 192 valence electrons. The minimum atomic E-state index is -1.61. The molecule has 0 aliphatic carbocycles. The minimum Gasteiger partial charge on any atom is -0.547 e. The molecule has 2 atom stereocenters. The van der Waals surface area contributed by atoms with Gasteiger partial charge in [0.05, 0.1) is 5.97 Å². The Morgan fingerprint density at radius 2 is 1.15 bits per heavy atom. The molecule has 0 unspecified atom stereocenters. The summed E-state index contributed by atoms with van der Waals surface area (Å²) in [6, 6.07) is 25.1. The standard InChI is InChI=1S/C29H25N3O6.Na/c33-26(30-15-19-11-5-9-17-7-1-3-13-21(17)19)23(32-28(35)24-25(38-24)29(36)37)27(34)31-16-20-12-6-10-18-8-2-4-14-22(18)20;/h1-14,23-25H,15-16H2,(H,30,33)(H,31,34)(H,32,35)(H,36,37);/q;+1/p-1/t24-,25-;/m0./s1. The van der Waals surface area contributed by atoms with Gasteiger partial charge in [-0.2, -0.15) is 0 Å². The number of fused-ring (bicyclic) bond motifs is 2. The van der Waals surface area contributed by atoms with E-state index in [0.717, 1.165) is 32.7 Å². The van der Waals surface area contributed by atoms with Gasteiger partial charge in [0.25, 0.3) is 17.7 Å². The number of amides is 3. The normalized spacial score (nSPS) is 15.8. The molecule has 1 saturated heterocycles. The van der Waals surface area contributed by atoms with Crippen molar-refractivity contribution in [2.45, 2.75) is 31.3 Å². The van der Waals surface area contributed by atoms with Crippen LogP contribution in [-0.2, 0) is 37.0 Å². The van der Waals surface area contributed by atoms with E-state index in [9.17, 15) is 24.3 Å². The van der Waals surface area contributed by atoms with Crippen LogP contribution < -0.4 is 50.6 Å². The molecular weight excluding hydrogens is 509 g/mol. The number of benzene rings is 4. The molecule has 4 aromatic carbocycles. The molecule has 0 radical (unpaired) electrons. The number of carboxylic acid groups (broad SMARTS) is 1. The van der Waals surface area contributed by atoms with Crippen molar-refractivity contribution >= 4 is 45.2 Å². The van der Waals surface area contributed by atoms with Crippen LogP contribution in [0.15, 0.2) is 84.9 Å². The minimum absolute atomic E-state index is 0. The van der Waals surface area contributed by atoms with E-state index in [4.69, 9.17) is 4.74 Å². The predicted molar refractivity (Wildman–Crippen MR) is 137 cm³/mol. The second-order valence-corrected chi connectivity index (χ2v) is 8.95. The molecule has 39 heavy (non-hydrogen) atoms. The molecular formula is C29H24N3NaO6. The predicted octanol–water partition coefficient (Wildman–Crippen LogP) is -2.07. The van der Waals surface area contributed by atoms with Gasteiger partial charge in [0.15, 0.2) is 12.1 Å². The number of carbonyl (C=O) groups excluding carboxylic acids is 4. The fourth-order valence-electron chi connectivity index (χ4n) is 4.43. The molecule has 1 aliphatic heterocycles. The summed E-state index contributed by atoms with van der Waals surface area (Å²) in [4.78, 5) is 49.8. The van der Waals surface area contributed by atoms with Crippen molar-refractivity contribution < 1.29 is 58.6 Å². The molecule has 0 spiro atoms. The van der Waals surface area contributed by atoms with E-state index in [-0.39, 0.29) is 42.6 Å². The molecule has 0 saturated carbocycles. The van der Waals surface area contributed by atoms with Crippen molar-refractivity contribution in [1.29, 1.82) is 0 Å². The summed E-state index contributed by atoms with van der Waals surface area (Å²) in [5.74, 6) is -3.91. The van der Waals surface area contributed by atoms with Crippen LogP contribution in [0.2, 0.25) is 0 Å². The molecule has 10 heteroatoms. The SMILES string of the molecule is O=C(NCc1cccc2ccccc12)C(NC(=O)[C@H]1O[C@@H]1C(=O)[O-])C(=O)NCc1cccc2ccccc12.[Na+]. The van der Waals surface area contributed by atoms with Crippen molar-refractivity contribution in [3.05, 3.63) is 96.1 Å². The molecule has 4 aromatic rings. The van der Waals surface area contributed by atoms with Crippen LogP contribution >= 0.6 is 0 Å². The van der Waals surface area contributed by atoms with Crippen LogP contribution in [0.5, 0.6) is 0 Å².